The summed E-state index contributed by atoms with van der Waals surface area (Å²) in [5.74, 6) is 0. The van der Waals surface area contributed by atoms with Crippen molar-refractivity contribution in [3.05, 3.63) is 29.0 Å². The first kappa shape index (κ1) is 10.3. The fraction of sp³-hybridized carbons (Fsp3) is 0.417. The number of hydrogen-bond acceptors (Lipinski definition) is 2. The maximum absolute atomic E-state index is 5.52. The van der Waals surface area contributed by atoms with Crippen molar-refractivity contribution in [3.63, 3.8) is 0 Å². The molecule has 1 aliphatic heterocycles. The van der Waals surface area contributed by atoms with Gasteiger partial charge in [0.25, 0.3) is 0 Å². The molecule has 1 aromatic heterocycles. The number of rotatable bonds is 1. The van der Waals surface area contributed by atoms with Crippen molar-refractivity contribution >= 4 is 27.0 Å². The Kier molecular flexibility index (Phi) is 2.69. The van der Waals surface area contributed by atoms with Crippen molar-refractivity contribution in [1.82, 2.24) is 9.55 Å². The number of halogens is 1. The maximum Gasteiger partial charge on any atom is 0.0961 e. The smallest absolute Gasteiger partial charge is 0.0961 e. The molecule has 0 spiro atoms. The fourth-order valence-corrected chi connectivity index (χ4v) is 2.59. The van der Waals surface area contributed by atoms with Gasteiger partial charge in [-0.3, -0.25) is 0 Å². The minimum absolute atomic E-state index is 0.444. The fourth-order valence-electron chi connectivity index (χ4n) is 2.24. The lowest BCUT2D eigenvalue weighted by Gasteiger charge is -2.23. The molecule has 0 radical (unpaired) electrons. The van der Waals surface area contributed by atoms with Crippen LogP contribution < -0.4 is 0 Å². The number of fused-ring (bicyclic) bond motifs is 1. The normalized spacial score (nSPS) is 21.4. The summed E-state index contributed by atoms with van der Waals surface area (Å²) in [5, 5.41) is 0. The molecule has 1 saturated heterocycles. The summed E-state index contributed by atoms with van der Waals surface area (Å²) in [5.41, 5.74) is 2.23. The molecule has 84 valence electrons. The molecule has 2 heterocycles. The molecule has 0 N–H and O–H groups in total. The summed E-state index contributed by atoms with van der Waals surface area (Å²) in [4.78, 5) is 4.43. The summed E-state index contributed by atoms with van der Waals surface area (Å²) < 4.78 is 8.83. The number of ether oxygens (including phenoxy) is 1. The standard InChI is InChI=1S/C12H13BrN2O/c13-9-3-4-12-11(6-9)14-8-15(12)10-2-1-5-16-7-10/h3-4,6,8,10H,1-2,5,7H2. The summed E-state index contributed by atoms with van der Waals surface area (Å²) in [6.45, 7) is 1.70. The van der Waals surface area contributed by atoms with E-state index in [0.717, 1.165) is 29.6 Å². The number of aromatic nitrogens is 2. The van der Waals surface area contributed by atoms with E-state index in [9.17, 15) is 0 Å². The van der Waals surface area contributed by atoms with Gasteiger partial charge in [-0.05, 0) is 31.0 Å². The first-order valence-electron chi connectivity index (χ1n) is 5.54. The highest BCUT2D eigenvalue weighted by Gasteiger charge is 2.17. The lowest BCUT2D eigenvalue weighted by Crippen LogP contribution is -2.20. The van der Waals surface area contributed by atoms with Crippen LogP contribution in [-0.4, -0.2) is 22.8 Å². The number of imidazole rings is 1. The number of benzene rings is 1. The highest BCUT2D eigenvalue weighted by atomic mass is 79.9. The second-order valence-electron chi connectivity index (χ2n) is 4.16. The van der Waals surface area contributed by atoms with Crippen LogP contribution >= 0.6 is 15.9 Å². The molecular formula is C12H13BrN2O. The van der Waals surface area contributed by atoms with Gasteiger partial charge in [-0.2, -0.15) is 0 Å². The van der Waals surface area contributed by atoms with E-state index in [0.29, 0.717) is 6.04 Å². The van der Waals surface area contributed by atoms with Crippen molar-refractivity contribution in [2.75, 3.05) is 13.2 Å². The third kappa shape index (κ3) is 1.76. The highest BCUT2D eigenvalue weighted by Crippen LogP contribution is 2.25. The van der Waals surface area contributed by atoms with Gasteiger partial charge in [-0.25, -0.2) is 4.98 Å². The molecule has 1 aliphatic rings. The van der Waals surface area contributed by atoms with Crippen molar-refractivity contribution < 1.29 is 4.74 Å². The Morgan fingerprint density at radius 2 is 2.38 bits per heavy atom. The van der Waals surface area contributed by atoms with Crippen molar-refractivity contribution in [2.24, 2.45) is 0 Å². The summed E-state index contributed by atoms with van der Waals surface area (Å²) in [6.07, 6.45) is 4.25. The molecule has 0 saturated carbocycles. The Balaban J connectivity index is 2.03. The molecule has 3 nitrogen and oxygen atoms in total. The molecule has 0 amide bonds. The van der Waals surface area contributed by atoms with E-state index < -0.39 is 0 Å². The molecule has 3 rings (SSSR count). The molecular weight excluding hydrogens is 268 g/mol. The van der Waals surface area contributed by atoms with E-state index in [-0.39, 0.29) is 0 Å². The van der Waals surface area contributed by atoms with Gasteiger partial charge in [-0.1, -0.05) is 15.9 Å². The van der Waals surface area contributed by atoms with Crippen molar-refractivity contribution in [2.45, 2.75) is 18.9 Å². The zero-order valence-electron chi connectivity index (χ0n) is 8.90. The summed E-state index contributed by atoms with van der Waals surface area (Å²) >= 11 is 3.46. The van der Waals surface area contributed by atoms with Crippen LogP contribution in [0.25, 0.3) is 11.0 Å². The Hall–Kier alpha value is -0.870. The molecule has 2 aromatic rings. The van der Waals surface area contributed by atoms with Gasteiger partial charge in [0.1, 0.15) is 0 Å². The van der Waals surface area contributed by atoms with Gasteiger partial charge in [-0.15, -0.1) is 0 Å². The van der Waals surface area contributed by atoms with E-state index in [2.05, 4.69) is 43.7 Å². The molecule has 1 aromatic carbocycles. The summed E-state index contributed by atoms with van der Waals surface area (Å²) in [6, 6.07) is 6.67. The minimum atomic E-state index is 0.444. The van der Waals surface area contributed by atoms with Gasteiger partial charge >= 0.3 is 0 Å². The van der Waals surface area contributed by atoms with E-state index in [4.69, 9.17) is 4.74 Å². The molecule has 1 fully saturated rings. The summed E-state index contributed by atoms with van der Waals surface area (Å²) in [7, 11) is 0. The monoisotopic (exact) mass is 280 g/mol. The quantitative estimate of drug-likeness (QED) is 0.803. The van der Waals surface area contributed by atoms with Crippen molar-refractivity contribution in [3.8, 4) is 0 Å². The molecule has 0 bridgehead atoms. The molecule has 0 aliphatic carbocycles. The highest BCUT2D eigenvalue weighted by molar-refractivity contribution is 9.10. The molecule has 16 heavy (non-hydrogen) atoms. The maximum atomic E-state index is 5.52. The molecule has 1 atom stereocenters. The minimum Gasteiger partial charge on any atom is -0.379 e. The topological polar surface area (TPSA) is 27.1 Å². The second kappa shape index (κ2) is 4.18. The van der Waals surface area contributed by atoms with Crippen LogP contribution in [0.15, 0.2) is 29.0 Å². The predicted molar refractivity (Wildman–Crippen MR) is 66.5 cm³/mol. The number of hydrogen-bond donors (Lipinski definition) is 0. The van der Waals surface area contributed by atoms with Gasteiger partial charge < -0.3 is 9.30 Å². The van der Waals surface area contributed by atoms with Crippen LogP contribution in [0.5, 0.6) is 0 Å². The average Bonchev–Trinajstić information content (AvgIpc) is 2.73. The van der Waals surface area contributed by atoms with Gasteiger partial charge in [0, 0.05) is 11.1 Å². The van der Waals surface area contributed by atoms with Crippen LogP contribution in [0, 0.1) is 0 Å². The van der Waals surface area contributed by atoms with Crippen LogP contribution in [0.3, 0.4) is 0 Å². The third-order valence-corrected chi connectivity index (χ3v) is 3.56. The zero-order valence-corrected chi connectivity index (χ0v) is 10.5. The van der Waals surface area contributed by atoms with E-state index in [1.807, 2.05) is 6.33 Å². The zero-order chi connectivity index (χ0) is 11.0. The van der Waals surface area contributed by atoms with E-state index >= 15 is 0 Å². The van der Waals surface area contributed by atoms with Crippen LogP contribution in [-0.2, 0) is 4.74 Å². The Labute approximate surface area is 103 Å². The van der Waals surface area contributed by atoms with E-state index in [1.54, 1.807) is 0 Å². The Morgan fingerprint density at radius 3 is 3.19 bits per heavy atom. The molecule has 1 unspecified atom stereocenters. The predicted octanol–water partition coefficient (Wildman–Crippen LogP) is 3.15. The van der Waals surface area contributed by atoms with Crippen LogP contribution in [0.1, 0.15) is 18.9 Å². The van der Waals surface area contributed by atoms with E-state index in [1.165, 1.54) is 11.9 Å². The van der Waals surface area contributed by atoms with Gasteiger partial charge in [0.15, 0.2) is 0 Å². The third-order valence-electron chi connectivity index (χ3n) is 3.07. The van der Waals surface area contributed by atoms with Crippen LogP contribution in [0.4, 0.5) is 0 Å². The van der Waals surface area contributed by atoms with Crippen LogP contribution in [0.2, 0.25) is 0 Å². The average molecular weight is 281 g/mol. The first-order valence-corrected chi connectivity index (χ1v) is 6.34. The van der Waals surface area contributed by atoms with Gasteiger partial charge in [0.2, 0.25) is 0 Å². The lowest BCUT2D eigenvalue weighted by molar-refractivity contribution is 0.0605. The lowest BCUT2D eigenvalue weighted by atomic mass is 10.1. The van der Waals surface area contributed by atoms with Gasteiger partial charge in [0.05, 0.1) is 30.0 Å². The van der Waals surface area contributed by atoms with Crippen molar-refractivity contribution in [1.29, 1.82) is 0 Å². The Morgan fingerprint density at radius 1 is 1.44 bits per heavy atom. The Bertz CT molecular complexity index is 503. The first-order chi connectivity index (χ1) is 7.84. The molecule has 4 heteroatoms. The SMILES string of the molecule is Brc1ccc2c(c1)ncn2C1CCCOC1. The number of nitrogens with zero attached hydrogens (tertiary/aromatic N) is 2. The largest absolute Gasteiger partial charge is 0.379 e. The second-order valence-corrected chi connectivity index (χ2v) is 5.07.